The molecule has 0 unspecified atom stereocenters. The number of fused-ring (bicyclic) bond motifs is 1. The number of aromatic nitrogens is 4. The van der Waals surface area contributed by atoms with E-state index in [9.17, 15) is 14.4 Å². The van der Waals surface area contributed by atoms with E-state index in [1.165, 1.54) is 4.52 Å². The molecule has 1 saturated heterocycles. The predicted octanol–water partition coefficient (Wildman–Crippen LogP) is 0.0617. The van der Waals surface area contributed by atoms with Crippen LogP contribution in [0, 0.1) is 0 Å². The monoisotopic (exact) mass is 457 g/mol. The van der Waals surface area contributed by atoms with E-state index >= 15 is 0 Å². The Morgan fingerprint density at radius 1 is 1.18 bits per heavy atom. The Balaban J connectivity index is 1.85. The zero-order valence-corrected chi connectivity index (χ0v) is 19.5. The molecule has 0 atom stereocenters. The highest BCUT2D eigenvalue weighted by Gasteiger charge is 2.27. The van der Waals surface area contributed by atoms with Gasteiger partial charge >= 0.3 is 5.97 Å². The molecule has 1 amide bonds. The summed E-state index contributed by atoms with van der Waals surface area (Å²) in [4.78, 5) is 46.2. The van der Waals surface area contributed by atoms with Gasteiger partial charge in [0.2, 0.25) is 11.7 Å². The van der Waals surface area contributed by atoms with Gasteiger partial charge < -0.3 is 24.4 Å². The zero-order valence-electron chi connectivity index (χ0n) is 19.5. The molecule has 0 saturated carbocycles. The molecular formula is C22H31N7O4. The first-order valence-corrected chi connectivity index (χ1v) is 11.5. The molecule has 11 nitrogen and oxygen atoms in total. The molecular weight excluding hydrogens is 426 g/mol. The van der Waals surface area contributed by atoms with Gasteiger partial charge in [0.05, 0.1) is 12.3 Å². The summed E-state index contributed by atoms with van der Waals surface area (Å²) < 4.78 is 8.27. The van der Waals surface area contributed by atoms with Crippen molar-refractivity contribution >= 4 is 28.9 Å². The van der Waals surface area contributed by atoms with Gasteiger partial charge in [-0.1, -0.05) is 13.0 Å². The Labute approximate surface area is 192 Å². The van der Waals surface area contributed by atoms with Crippen molar-refractivity contribution in [3.63, 3.8) is 0 Å². The van der Waals surface area contributed by atoms with Crippen molar-refractivity contribution < 1.29 is 14.3 Å². The van der Waals surface area contributed by atoms with Crippen LogP contribution in [0.1, 0.15) is 38.7 Å². The number of rotatable bonds is 6. The molecule has 2 aromatic heterocycles. The Kier molecular flexibility index (Phi) is 6.77. The zero-order chi connectivity index (χ0) is 23.5. The van der Waals surface area contributed by atoms with E-state index in [2.05, 4.69) is 20.3 Å². The summed E-state index contributed by atoms with van der Waals surface area (Å²) in [6.45, 7) is 9.52. The molecule has 0 radical (unpaired) electrons. The third-order valence-corrected chi connectivity index (χ3v) is 6.13. The van der Waals surface area contributed by atoms with Crippen molar-refractivity contribution in [2.75, 3.05) is 50.8 Å². The number of hydrogen-bond donors (Lipinski definition) is 1. The summed E-state index contributed by atoms with van der Waals surface area (Å²) in [5.74, 6) is 0.416. The maximum absolute atomic E-state index is 13.6. The van der Waals surface area contributed by atoms with E-state index in [0.717, 1.165) is 24.4 Å². The molecule has 4 heterocycles. The minimum Gasteiger partial charge on any atom is -0.465 e. The lowest BCUT2D eigenvalue weighted by Gasteiger charge is -2.31. The summed E-state index contributed by atoms with van der Waals surface area (Å²) >= 11 is 0. The molecule has 1 fully saturated rings. The first-order chi connectivity index (χ1) is 15.9. The third-order valence-electron chi connectivity index (χ3n) is 6.13. The molecule has 0 spiro atoms. The Morgan fingerprint density at radius 2 is 1.94 bits per heavy atom. The fourth-order valence-electron chi connectivity index (χ4n) is 4.45. The number of hydrogen-bond acceptors (Lipinski definition) is 8. The molecule has 2 aliphatic rings. The SMILES string of the molecule is CCOC(=O)Cn1c(CC)c(N2CCNCC2)c(=O)n2nc(C3=CCN(C(C)=O)CC3)nc12. The number of ether oxygens (including phenoxy) is 1. The van der Waals surface area contributed by atoms with Crippen LogP contribution in [-0.2, 0) is 27.3 Å². The van der Waals surface area contributed by atoms with Crippen molar-refractivity contribution in [2.24, 2.45) is 0 Å². The van der Waals surface area contributed by atoms with Crippen molar-refractivity contribution in [1.82, 2.24) is 29.4 Å². The summed E-state index contributed by atoms with van der Waals surface area (Å²) in [5.41, 5.74) is 1.97. The Morgan fingerprint density at radius 3 is 2.55 bits per heavy atom. The van der Waals surface area contributed by atoms with Gasteiger partial charge in [0, 0.05) is 46.2 Å². The summed E-state index contributed by atoms with van der Waals surface area (Å²) in [6, 6.07) is 0. The van der Waals surface area contributed by atoms with Crippen LogP contribution in [0.2, 0.25) is 0 Å². The predicted molar refractivity (Wildman–Crippen MR) is 123 cm³/mol. The quantitative estimate of drug-likeness (QED) is 0.606. The number of esters is 1. The van der Waals surface area contributed by atoms with Gasteiger partial charge in [-0.3, -0.25) is 14.4 Å². The first kappa shape index (κ1) is 23.0. The number of amides is 1. The fraction of sp³-hybridized carbons (Fsp3) is 0.591. The van der Waals surface area contributed by atoms with Crippen LogP contribution in [0.4, 0.5) is 5.69 Å². The van der Waals surface area contributed by atoms with Gasteiger partial charge in [-0.2, -0.15) is 9.50 Å². The summed E-state index contributed by atoms with van der Waals surface area (Å²) in [6.07, 6.45) is 3.09. The lowest BCUT2D eigenvalue weighted by atomic mass is 10.1. The second kappa shape index (κ2) is 9.74. The van der Waals surface area contributed by atoms with Crippen molar-refractivity contribution in [1.29, 1.82) is 0 Å². The lowest BCUT2D eigenvalue weighted by Crippen LogP contribution is -2.47. The molecule has 178 valence electrons. The number of piperazine rings is 1. The third kappa shape index (κ3) is 4.50. The normalized spacial score (nSPS) is 16.8. The van der Waals surface area contributed by atoms with E-state index in [0.29, 0.717) is 56.3 Å². The smallest absolute Gasteiger partial charge is 0.326 e. The molecule has 11 heteroatoms. The van der Waals surface area contributed by atoms with Crippen LogP contribution in [0.3, 0.4) is 0 Å². The number of nitrogens with one attached hydrogen (secondary N) is 1. The van der Waals surface area contributed by atoms with E-state index < -0.39 is 0 Å². The van der Waals surface area contributed by atoms with Crippen LogP contribution >= 0.6 is 0 Å². The first-order valence-electron chi connectivity index (χ1n) is 11.5. The van der Waals surface area contributed by atoms with Crippen molar-refractivity contribution in [3.05, 3.63) is 27.9 Å². The van der Waals surface area contributed by atoms with Crippen molar-refractivity contribution in [3.8, 4) is 0 Å². The van der Waals surface area contributed by atoms with E-state index in [1.54, 1.807) is 23.3 Å². The van der Waals surface area contributed by atoms with E-state index in [-0.39, 0.29) is 30.6 Å². The van der Waals surface area contributed by atoms with Crippen molar-refractivity contribution in [2.45, 2.75) is 40.2 Å². The summed E-state index contributed by atoms with van der Waals surface area (Å²) in [7, 11) is 0. The van der Waals surface area contributed by atoms with Crippen LogP contribution in [-0.4, -0.2) is 81.8 Å². The summed E-state index contributed by atoms with van der Waals surface area (Å²) in [5, 5.41) is 7.86. The van der Waals surface area contributed by atoms with Crippen LogP contribution < -0.4 is 15.8 Å². The minimum atomic E-state index is -0.387. The maximum atomic E-state index is 13.6. The number of nitrogens with zero attached hydrogens (tertiary/aromatic N) is 6. The van der Waals surface area contributed by atoms with Gasteiger partial charge in [0.1, 0.15) is 12.2 Å². The molecule has 1 N–H and O–H groups in total. The molecule has 0 aromatic carbocycles. The molecule has 0 aliphatic carbocycles. The number of carbonyl (C=O) groups is 2. The van der Waals surface area contributed by atoms with Gasteiger partial charge in [0.15, 0.2) is 5.82 Å². The van der Waals surface area contributed by atoms with Gasteiger partial charge in [-0.25, -0.2) is 0 Å². The van der Waals surface area contributed by atoms with Crippen LogP contribution in [0.25, 0.3) is 11.4 Å². The Hall–Kier alpha value is -3.21. The van der Waals surface area contributed by atoms with Gasteiger partial charge in [-0.05, 0) is 25.3 Å². The highest BCUT2D eigenvalue weighted by atomic mass is 16.5. The van der Waals surface area contributed by atoms with Crippen LogP contribution in [0.15, 0.2) is 10.9 Å². The largest absolute Gasteiger partial charge is 0.465 e. The topological polar surface area (TPSA) is 114 Å². The number of anilines is 1. The highest BCUT2D eigenvalue weighted by Crippen LogP contribution is 2.23. The molecule has 2 aromatic rings. The highest BCUT2D eigenvalue weighted by molar-refractivity contribution is 5.75. The standard InChI is InChI=1S/C22H31N7O4/c1-4-17-19(27-12-8-23-9-13-27)21(32)29-22(28(17)14-18(31)33-5-2)24-20(25-29)16-6-10-26(11-7-16)15(3)30/h6,23H,4-5,7-14H2,1-3H3. The van der Waals surface area contributed by atoms with E-state index in [1.807, 2.05) is 13.0 Å². The van der Waals surface area contributed by atoms with Crippen LogP contribution in [0.5, 0.6) is 0 Å². The molecule has 4 rings (SSSR count). The van der Waals surface area contributed by atoms with Gasteiger partial charge in [0.25, 0.3) is 5.56 Å². The minimum absolute atomic E-state index is 0.0237. The fourth-order valence-corrected chi connectivity index (χ4v) is 4.45. The molecule has 2 aliphatic heterocycles. The second-order valence-electron chi connectivity index (χ2n) is 8.17. The second-order valence-corrected chi connectivity index (χ2v) is 8.17. The lowest BCUT2D eigenvalue weighted by molar-refractivity contribution is -0.143. The van der Waals surface area contributed by atoms with E-state index in [4.69, 9.17) is 4.74 Å². The van der Waals surface area contributed by atoms with Gasteiger partial charge in [-0.15, -0.1) is 5.10 Å². The average molecular weight is 458 g/mol. The molecule has 0 bridgehead atoms. The molecule has 33 heavy (non-hydrogen) atoms. The Bertz CT molecular complexity index is 1140. The number of carbonyl (C=O) groups excluding carboxylic acids is 2. The maximum Gasteiger partial charge on any atom is 0.326 e. The average Bonchev–Trinajstić information content (AvgIpc) is 3.27.